The molecular weight excluding hydrogens is 536 g/mol. The molecule has 2 saturated heterocycles. The van der Waals surface area contributed by atoms with E-state index in [9.17, 15) is 14.4 Å². The van der Waals surface area contributed by atoms with E-state index in [4.69, 9.17) is 14.2 Å². The average molecular weight is 561 g/mol. The number of thioether (sulfide) groups is 1. The zero-order valence-electron chi connectivity index (χ0n) is 19.4. The van der Waals surface area contributed by atoms with Crippen LogP contribution in [0.5, 0.6) is 11.5 Å². The van der Waals surface area contributed by atoms with Gasteiger partial charge in [0, 0.05) is 17.6 Å². The lowest BCUT2D eigenvalue weighted by Gasteiger charge is -2.28. The Morgan fingerprint density at radius 3 is 2.66 bits per heavy atom. The lowest BCUT2D eigenvalue weighted by Crippen LogP contribution is -2.46. The van der Waals surface area contributed by atoms with Gasteiger partial charge >= 0.3 is 0 Å². The molecule has 2 aromatic rings. The minimum absolute atomic E-state index is 0.237. The summed E-state index contributed by atoms with van der Waals surface area (Å²) in [5.41, 5.74) is 2.83. The minimum atomic E-state index is -0.493. The molecule has 2 heterocycles. The maximum atomic E-state index is 12.9. The Hall–Kier alpha value is -2.82. The summed E-state index contributed by atoms with van der Waals surface area (Å²) in [4.78, 5) is 40.7. The van der Waals surface area contributed by atoms with Gasteiger partial charge in [-0.05, 0) is 48.0 Å². The third kappa shape index (κ3) is 6.06. The van der Waals surface area contributed by atoms with Gasteiger partial charge in [-0.1, -0.05) is 45.8 Å². The monoisotopic (exact) mass is 560 g/mol. The molecule has 35 heavy (non-hydrogen) atoms. The molecule has 0 atom stereocenters. The standard InChI is InChI=1S/C25H25BrN2O6S/c1-16-4-3-5-17(10-16)15-34-21-13-19(26)18(11-20(21)32-2)12-22-24(30)28(25(31)35-22)14-23(29)27-6-8-33-9-7-27/h3-5,10-13H,6-9,14-15H2,1-2H3/b22-12+. The Morgan fingerprint density at radius 1 is 1.17 bits per heavy atom. The number of rotatable bonds is 7. The van der Waals surface area contributed by atoms with E-state index in [1.54, 1.807) is 23.1 Å². The van der Waals surface area contributed by atoms with Gasteiger partial charge in [-0.15, -0.1) is 0 Å². The summed E-state index contributed by atoms with van der Waals surface area (Å²) in [6.07, 6.45) is 1.61. The number of benzene rings is 2. The highest BCUT2D eigenvalue weighted by atomic mass is 79.9. The van der Waals surface area contributed by atoms with Gasteiger partial charge in [-0.2, -0.15) is 0 Å². The Kier molecular flexibility index (Phi) is 8.15. The lowest BCUT2D eigenvalue weighted by molar-refractivity contribution is -0.139. The van der Waals surface area contributed by atoms with E-state index in [0.29, 0.717) is 54.4 Å². The number of methoxy groups -OCH3 is 1. The van der Waals surface area contributed by atoms with Crippen molar-refractivity contribution < 1.29 is 28.6 Å². The van der Waals surface area contributed by atoms with E-state index in [1.165, 1.54) is 7.11 Å². The van der Waals surface area contributed by atoms with E-state index >= 15 is 0 Å². The molecule has 0 bridgehead atoms. The molecule has 0 unspecified atom stereocenters. The normalized spacial score (nSPS) is 17.3. The van der Waals surface area contributed by atoms with Crippen LogP contribution in [0.15, 0.2) is 45.8 Å². The van der Waals surface area contributed by atoms with Crippen LogP contribution in [0, 0.1) is 6.92 Å². The number of carbonyl (C=O) groups is 3. The smallest absolute Gasteiger partial charge is 0.294 e. The number of morpholine rings is 1. The molecule has 0 saturated carbocycles. The molecule has 0 radical (unpaired) electrons. The summed E-state index contributed by atoms with van der Waals surface area (Å²) in [7, 11) is 1.54. The summed E-state index contributed by atoms with van der Waals surface area (Å²) in [5.74, 6) is 0.276. The number of aryl methyl sites for hydroxylation is 1. The fourth-order valence-electron chi connectivity index (χ4n) is 3.72. The molecule has 4 rings (SSSR count). The largest absolute Gasteiger partial charge is 0.493 e. The summed E-state index contributed by atoms with van der Waals surface area (Å²) < 4.78 is 17.4. The quantitative estimate of drug-likeness (QED) is 0.468. The van der Waals surface area contributed by atoms with Crippen LogP contribution in [0.25, 0.3) is 6.08 Å². The molecule has 0 aromatic heterocycles. The van der Waals surface area contributed by atoms with Crippen LogP contribution in [0.1, 0.15) is 16.7 Å². The first-order valence-corrected chi connectivity index (χ1v) is 12.6. The number of carbonyl (C=O) groups excluding carboxylic acids is 3. The molecule has 2 aliphatic heterocycles. The zero-order chi connectivity index (χ0) is 24.9. The fourth-order valence-corrected chi connectivity index (χ4v) is 4.99. The van der Waals surface area contributed by atoms with Crippen LogP contribution in [0.4, 0.5) is 4.79 Å². The van der Waals surface area contributed by atoms with Crippen molar-refractivity contribution in [3.63, 3.8) is 0 Å². The predicted octanol–water partition coefficient (Wildman–Crippen LogP) is 4.24. The van der Waals surface area contributed by atoms with Crippen LogP contribution in [-0.2, 0) is 20.9 Å². The molecule has 184 valence electrons. The van der Waals surface area contributed by atoms with Crippen molar-refractivity contribution in [3.8, 4) is 11.5 Å². The summed E-state index contributed by atoms with van der Waals surface area (Å²) >= 11 is 4.34. The maximum Gasteiger partial charge on any atom is 0.294 e. The van der Waals surface area contributed by atoms with Crippen LogP contribution in [0.2, 0.25) is 0 Å². The number of amides is 3. The van der Waals surface area contributed by atoms with Gasteiger partial charge < -0.3 is 19.1 Å². The van der Waals surface area contributed by atoms with Crippen LogP contribution in [0.3, 0.4) is 0 Å². The SMILES string of the molecule is COc1cc(/C=C2/SC(=O)N(CC(=O)N3CCOCC3)C2=O)c(Br)cc1OCc1cccc(C)c1. The molecule has 10 heteroatoms. The molecule has 2 fully saturated rings. The maximum absolute atomic E-state index is 12.9. The third-order valence-electron chi connectivity index (χ3n) is 5.58. The van der Waals surface area contributed by atoms with E-state index in [0.717, 1.165) is 27.8 Å². The highest BCUT2D eigenvalue weighted by Gasteiger charge is 2.37. The molecule has 0 aliphatic carbocycles. The Labute approximate surface area is 216 Å². The van der Waals surface area contributed by atoms with Crippen LogP contribution < -0.4 is 9.47 Å². The van der Waals surface area contributed by atoms with Crippen molar-refractivity contribution in [1.29, 1.82) is 0 Å². The first kappa shape index (κ1) is 25.3. The number of hydrogen-bond acceptors (Lipinski definition) is 7. The average Bonchev–Trinajstić information content (AvgIpc) is 3.11. The second-order valence-electron chi connectivity index (χ2n) is 8.06. The number of imide groups is 1. The first-order valence-electron chi connectivity index (χ1n) is 11.0. The van der Waals surface area contributed by atoms with Crippen molar-refractivity contribution in [2.75, 3.05) is 40.0 Å². The molecule has 0 spiro atoms. The predicted molar refractivity (Wildman–Crippen MR) is 136 cm³/mol. The number of ether oxygens (including phenoxy) is 3. The van der Waals surface area contributed by atoms with E-state index in [2.05, 4.69) is 22.0 Å². The topological polar surface area (TPSA) is 85.4 Å². The lowest BCUT2D eigenvalue weighted by atomic mass is 10.1. The molecule has 8 nitrogen and oxygen atoms in total. The van der Waals surface area contributed by atoms with Crippen LogP contribution >= 0.6 is 27.7 Å². The minimum Gasteiger partial charge on any atom is -0.493 e. The molecule has 3 amide bonds. The van der Waals surface area contributed by atoms with Gasteiger partial charge in [0.1, 0.15) is 13.2 Å². The Bertz CT molecular complexity index is 1180. The van der Waals surface area contributed by atoms with E-state index < -0.39 is 11.1 Å². The Balaban J connectivity index is 1.48. The van der Waals surface area contributed by atoms with Gasteiger partial charge in [0.25, 0.3) is 11.1 Å². The van der Waals surface area contributed by atoms with E-state index in [1.807, 2.05) is 25.1 Å². The second kappa shape index (κ2) is 11.3. The molecule has 0 N–H and O–H groups in total. The van der Waals surface area contributed by atoms with Gasteiger partial charge in [0.05, 0.1) is 25.2 Å². The van der Waals surface area contributed by atoms with Crippen molar-refractivity contribution in [2.45, 2.75) is 13.5 Å². The highest BCUT2D eigenvalue weighted by molar-refractivity contribution is 9.10. The van der Waals surface area contributed by atoms with Gasteiger partial charge in [0.2, 0.25) is 5.91 Å². The molecule has 2 aliphatic rings. The summed E-state index contributed by atoms with van der Waals surface area (Å²) in [6.45, 7) is 3.93. The zero-order valence-corrected chi connectivity index (χ0v) is 21.8. The van der Waals surface area contributed by atoms with Crippen molar-refractivity contribution >= 4 is 50.8 Å². The molecule has 2 aromatic carbocycles. The van der Waals surface area contributed by atoms with E-state index in [-0.39, 0.29) is 17.4 Å². The summed E-state index contributed by atoms with van der Waals surface area (Å²) in [6, 6.07) is 11.6. The third-order valence-corrected chi connectivity index (χ3v) is 7.17. The first-order chi connectivity index (χ1) is 16.9. The second-order valence-corrected chi connectivity index (χ2v) is 9.91. The number of halogens is 1. The van der Waals surface area contributed by atoms with Crippen molar-refractivity contribution in [3.05, 3.63) is 62.5 Å². The van der Waals surface area contributed by atoms with Gasteiger partial charge in [-0.3, -0.25) is 19.3 Å². The number of hydrogen-bond donors (Lipinski definition) is 0. The fraction of sp³-hybridized carbons (Fsp3) is 0.320. The summed E-state index contributed by atoms with van der Waals surface area (Å²) in [5, 5.41) is -0.468. The Morgan fingerprint density at radius 2 is 1.94 bits per heavy atom. The van der Waals surface area contributed by atoms with Gasteiger partial charge in [-0.25, -0.2) is 0 Å². The van der Waals surface area contributed by atoms with Gasteiger partial charge in [0.15, 0.2) is 11.5 Å². The van der Waals surface area contributed by atoms with Crippen molar-refractivity contribution in [2.24, 2.45) is 0 Å². The van der Waals surface area contributed by atoms with Crippen LogP contribution in [-0.4, -0.2) is 66.8 Å². The van der Waals surface area contributed by atoms with Crippen molar-refractivity contribution in [1.82, 2.24) is 9.80 Å². The number of nitrogens with zero attached hydrogens (tertiary/aromatic N) is 2. The highest BCUT2D eigenvalue weighted by Crippen LogP contribution is 2.38. The molecular formula is C25H25BrN2O6S.